The van der Waals surface area contributed by atoms with Gasteiger partial charge in [0, 0.05) is 40.0 Å². The van der Waals surface area contributed by atoms with Crippen LogP contribution >= 0.6 is 0 Å². The van der Waals surface area contributed by atoms with E-state index in [0.29, 0.717) is 0 Å². The predicted molar refractivity (Wildman–Crippen MR) is 45.3 cm³/mol. The van der Waals surface area contributed by atoms with E-state index in [0.717, 1.165) is 24.6 Å². The normalized spacial score (nSPS) is 14.2. The van der Waals surface area contributed by atoms with Crippen molar-refractivity contribution in [2.24, 2.45) is 0 Å². The summed E-state index contributed by atoms with van der Waals surface area (Å²) in [5, 5.41) is 6.36. The first kappa shape index (κ1) is 8.92. The average molecular weight is 342 g/mol. The summed E-state index contributed by atoms with van der Waals surface area (Å²) in [7, 11) is 0. The second kappa shape index (κ2) is 4.01. The first-order valence-electron chi connectivity index (χ1n) is 3.35. The smallest absolute Gasteiger partial charge is 0.0773 e. The van der Waals surface area contributed by atoms with Crippen LogP contribution in [0.2, 0.25) is 0 Å². The van der Waals surface area contributed by atoms with E-state index in [1.54, 1.807) is 0 Å². The molecule has 1 aliphatic rings. The number of nitrogens with one attached hydrogen (secondary N) is 2. The number of fused-ring (bicyclic) bond motifs is 1. The monoisotopic (exact) mass is 343 g/mol. The largest absolute Gasteiger partial charge is 0.371 e. The van der Waals surface area contributed by atoms with Crippen LogP contribution in [0.1, 0.15) is 5.69 Å². The van der Waals surface area contributed by atoms with Crippen molar-refractivity contribution in [2.75, 3.05) is 12.0 Å². The fraction of sp³-hybridized carbons (Fsp3) is 0.286. The minimum absolute atomic E-state index is 0. The predicted octanol–water partition coefficient (Wildman–Crippen LogP) is 0.173. The summed E-state index contributed by atoms with van der Waals surface area (Å²) in [6.45, 7) is 1.72. The molecule has 2 N–H and O–H groups in total. The molecule has 2 rings (SSSR count). The van der Waals surface area contributed by atoms with Crippen LogP contribution in [0.3, 0.4) is 0 Å². The van der Waals surface area contributed by atoms with Gasteiger partial charge in [-0.15, -0.1) is 0 Å². The van der Waals surface area contributed by atoms with Crippen molar-refractivity contribution >= 4 is 33.0 Å². The maximum atomic E-state index is 4.19. The molecule has 0 spiro atoms. The van der Waals surface area contributed by atoms with Gasteiger partial charge in [-0.1, -0.05) is 0 Å². The summed E-state index contributed by atoms with van der Waals surface area (Å²) in [5.41, 5.74) is 2.26. The third kappa shape index (κ3) is 1.90. The fourth-order valence-corrected chi connectivity index (χ4v) is 1.08. The van der Waals surface area contributed by atoms with Gasteiger partial charge in [-0.25, -0.2) is 0 Å². The van der Waals surface area contributed by atoms with Gasteiger partial charge >= 0.3 is 0 Å². The van der Waals surface area contributed by atoms with Crippen molar-refractivity contribution in [2.45, 2.75) is 6.54 Å². The standard InChI is InChI=1S/C7H9N3.Pb/c1-2-6-7(9-3-1)4-8-5-10-6;/h1-3,8,10H,4-5H2;. The van der Waals surface area contributed by atoms with Crippen LogP contribution in [-0.2, 0) is 6.54 Å². The molecule has 1 aromatic rings. The van der Waals surface area contributed by atoms with Crippen LogP contribution in [0.4, 0.5) is 5.69 Å². The molecule has 0 saturated carbocycles. The molecular weight excluding hydrogens is 333 g/mol. The zero-order valence-corrected chi connectivity index (χ0v) is 9.98. The molecule has 4 radical (unpaired) electrons. The molecule has 0 aromatic carbocycles. The van der Waals surface area contributed by atoms with Gasteiger partial charge in [-0.05, 0) is 12.1 Å². The molecule has 1 aliphatic heterocycles. The van der Waals surface area contributed by atoms with E-state index >= 15 is 0 Å². The van der Waals surface area contributed by atoms with Crippen molar-refractivity contribution in [1.29, 1.82) is 0 Å². The Hall–Kier alpha value is -0.168. The van der Waals surface area contributed by atoms with Crippen LogP contribution in [0.5, 0.6) is 0 Å². The maximum Gasteiger partial charge on any atom is 0.0773 e. The van der Waals surface area contributed by atoms with E-state index in [4.69, 9.17) is 0 Å². The van der Waals surface area contributed by atoms with Gasteiger partial charge in [0.15, 0.2) is 0 Å². The van der Waals surface area contributed by atoms with Crippen molar-refractivity contribution in [3.05, 3.63) is 24.0 Å². The zero-order chi connectivity index (χ0) is 6.81. The van der Waals surface area contributed by atoms with Crippen LogP contribution < -0.4 is 10.6 Å². The van der Waals surface area contributed by atoms with E-state index < -0.39 is 0 Å². The molecule has 0 fully saturated rings. The molecular formula is C7H9N3Pb. The third-order valence-electron chi connectivity index (χ3n) is 1.59. The fourth-order valence-electron chi connectivity index (χ4n) is 1.08. The van der Waals surface area contributed by atoms with E-state index in [9.17, 15) is 0 Å². The molecule has 3 nitrogen and oxygen atoms in total. The molecule has 0 amide bonds. The Morgan fingerprint density at radius 2 is 2.36 bits per heavy atom. The molecule has 0 aliphatic carbocycles. The molecule has 2 heterocycles. The summed E-state index contributed by atoms with van der Waals surface area (Å²) in [6.07, 6.45) is 1.81. The van der Waals surface area contributed by atoms with Crippen LogP contribution in [0.25, 0.3) is 0 Å². The Kier molecular flexibility index (Phi) is 3.25. The van der Waals surface area contributed by atoms with Gasteiger partial charge in [-0.2, -0.15) is 0 Å². The quantitative estimate of drug-likeness (QED) is 0.660. The maximum absolute atomic E-state index is 4.19. The molecule has 0 atom stereocenters. The van der Waals surface area contributed by atoms with E-state index in [1.165, 1.54) is 0 Å². The summed E-state index contributed by atoms with van der Waals surface area (Å²) >= 11 is 0. The summed E-state index contributed by atoms with van der Waals surface area (Å²) in [6, 6.07) is 3.99. The number of aromatic nitrogens is 1. The van der Waals surface area contributed by atoms with Gasteiger partial charge in [0.2, 0.25) is 0 Å². The first-order valence-corrected chi connectivity index (χ1v) is 3.35. The molecule has 0 bridgehead atoms. The van der Waals surface area contributed by atoms with Crippen molar-refractivity contribution in [3.63, 3.8) is 0 Å². The Labute approximate surface area is 85.8 Å². The average Bonchev–Trinajstić information content (AvgIpc) is 2.05. The molecule has 11 heavy (non-hydrogen) atoms. The molecule has 56 valence electrons. The van der Waals surface area contributed by atoms with Gasteiger partial charge in [0.25, 0.3) is 0 Å². The Morgan fingerprint density at radius 3 is 3.18 bits per heavy atom. The van der Waals surface area contributed by atoms with Crippen LogP contribution in [0.15, 0.2) is 18.3 Å². The SMILES string of the molecule is [Pb].c1cnc2c(c1)NCNC2. The van der Waals surface area contributed by atoms with E-state index in [-0.39, 0.29) is 27.3 Å². The number of hydrogen-bond donors (Lipinski definition) is 2. The Balaban J connectivity index is 0.000000605. The second-order valence-electron chi connectivity index (χ2n) is 2.28. The topological polar surface area (TPSA) is 37.0 Å². The molecule has 0 saturated heterocycles. The third-order valence-corrected chi connectivity index (χ3v) is 1.59. The van der Waals surface area contributed by atoms with Crippen LogP contribution in [0, 0.1) is 0 Å². The van der Waals surface area contributed by atoms with Crippen molar-refractivity contribution in [1.82, 2.24) is 10.3 Å². The van der Waals surface area contributed by atoms with Crippen molar-refractivity contribution in [3.8, 4) is 0 Å². The molecule has 0 unspecified atom stereocenters. The van der Waals surface area contributed by atoms with Gasteiger partial charge < -0.3 is 5.32 Å². The number of anilines is 1. The minimum atomic E-state index is 0. The van der Waals surface area contributed by atoms with Crippen LogP contribution in [-0.4, -0.2) is 39.0 Å². The van der Waals surface area contributed by atoms with Gasteiger partial charge in [0.1, 0.15) is 0 Å². The Bertz CT molecular complexity index is 214. The molecule has 1 aromatic heterocycles. The van der Waals surface area contributed by atoms with Gasteiger partial charge in [0.05, 0.1) is 18.1 Å². The molecule has 4 heteroatoms. The number of hydrogen-bond acceptors (Lipinski definition) is 3. The Morgan fingerprint density at radius 1 is 1.45 bits per heavy atom. The van der Waals surface area contributed by atoms with Crippen molar-refractivity contribution < 1.29 is 0 Å². The minimum Gasteiger partial charge on any atom is -0.371 e. The number of rotatable bonds is 0. The summed E-state index contributed by atoms with van der Waals surface area (Å²) < 4.78 is 0. The number of pyridine rings is 1. The first-order chi connectivity index (χ1) is 4.97. The summed E-state index contributed by atoms with van der Waals surface area (Å²) in [5.74, 6) is 0. The van der Waals surface area contributed by atoms with E-state index in [2.05, 4.69) is 15.6 Å². The summed E-state index contributed by atoms with van der Waals surface area (Å²) in [4.78, 5) is 4.19. The second-order valence-corrected chi connectivity index (χ2v) is 2.28. The zero-order valence-electron chi connectivity index (χ0n) is 6.09. The van der Waals surface area contributed by atoms with E-state index in [1.807, 2.05) is 18.3 Å². The number of nitrogens with zero attached hydrogens (tertiary/aromatic N) is 1. The van der Waals surface area contributed by atoms with Gasteiger partial charge in [-0.3, -0.25) is 10.3 Å².